The van der Waals surface area contributed by atoms with Crippen molar-refractivity contribution < 1.29 is 8.42 Å². The van der Waals surface area contributed by atoms with E-state index in [9.17, 15) is 8.42 Å². The van der Waals surface area contributed by atoms with E-state index in [1.165, 1.54) is 6.07 Å². The van der Waals surface area contributed by atoms with E-state index in [2.05, 4.69) is 15.3 Å². The summed E-state index contributed by atoms with van der Waals surface area (Å²) in [6.07, 6.45) is 2.81. The first kappa shape index (κ1) is 17.2. The molecule has 0 saturated carbocycles. The molecule has 0 aliphatic rings. The maximum Gasteiger partial charge on any atom is 0.198 e. The summed E-state index contributed by atoms with van der Waals surface area (Å²) < 4.78 is 24.0. The molecule has 0 fully saturated rings. The molecule has 0 amide bonds. The van der Waals surface area contributed by atoms with Gasteiger partial charge in [-0.3, -0.25) is 0 Å². The third kappa shape index (κ3) is 3.62. The molecule has 2 rings (SSSR count). The van der Waals surface area contributed by atoms with E-state index in [-0.39, 0.29) is 16.9 Å². The number of hydrogen-bond acceptors (Lipinski definition) is 5. The molecule has 0 spiro atoms. The minimum absolute atomic E-state index is 0.0784. The molecule has 2 aromatic rings. The number of aromatic nitrogens is 2. The number of anilines is 1. The molecule has 0 atom stereocenters. The highest BCUT2D eigenvalue weighted by atomic mass is 35.5. The zero-order valence-electron chi connectivity index (χ0n) is 12.5. The van der Waals surface area contributed by atoms with E-state index >= 15 is 0 Å². The predicted octanol–water partition coefficient (Wildman–Crippen LogP) is 3.94. The van der Waals surface area contributed by atoms with Gasteiger partial charge in [0, 0.05) is 12.3 Å². The molecular weight excluding hydrogens is 345 g/mol. The van der Waals surface area contributed by atoms with Crippen molar-refractivity contribution in [2.24, 2.45) is 0 Å². The molecule has 0 saturated heterocycles. The number of rotatable bonds is 5. The van der Waals surface area contributed by atoms with Gasteiger partial charge >= 0.3 is 0 Å². The second-order valence-electron chi connectivity index (χ2n) is 5.06. The number of fused-ring (bicyclic) bond motifs is 1. The van der Waals surface area contributed by atoms with E-state index in [1.54, 1.807) is 6.07 Å². The van der Waals surface area contributed by atoms with Crippen LogP contribution in [0.15, 0.2) is 17.2 Å². The minimum Gasteiger partial charge on any atom is -0.365 e. The molecule has 0 radical (unpaired) electrons. The fourth-order valence-electron chi connectivity index (χ4n) is 2.07. The lowest BCUT2D eigenvalue weighted by Crippen LogP contribution is -2.20. The maximum absolute atomic E-state index is 12.0. The second kappa shape index (κ2) is 6.56. The van der Waals surface area contributed by atoms with Crippen LogP contribution in [-0.4, -0.2) is 30.7 Å². The predicted molar refractivity (Wildman–Crippen MR) is 90.7 cm³/mol. The van der Waals surface area contributed by atoms with Crippen LogP contribution in [0.4, 0.5) is 5.82 Å². The molecule has 5 nitrogen and oxygen atoms in total. The van der Waals surface area contributed by atoms with Crippen molar-refractivity contribution in [1.29, 1.82) is 0 Å². The average Bonchev–Trinajstić information content (AvgIpc) is 2.44. The Morgan fingerprint density at radius 3 is 2.05 bits per heavy atom. The van der Waals surface area contributed by atoms with Gasteiger partial charge in [0.05, 0.1) is 21.1 Å². The van der Waals surface area contributed by atoms with Crippen LogP contribution in [0, 0.1) is 0 Å². The van der Waals surface area contributed by atoms with Crippen LogP contribution < -0.4 is 5.32 Å². The van der Waals surface area contributed by atoms with Gasteiger partial charge < -0.3 is 5.32 Å². The Bertz CT molecular complexity index is 805. The zero-order chi connectivity index (χ0) is 16.5. The Morgan fingerprint density at radius 1 is 1.09 bits per heavy atom. The smallest absolute Gasteiger partial charge is 0.198 e. The second-order valence-corrected chi connectivity index (χ2v) is 7.81. The molecule has 1 aromatic carbocycles. The van der Waals surface area contributed by atoms with Crippen LogP contribution in [0.1, 0.15) is 26.7 Å². The highest BCUT2D eigenvalue weighted by Gasteiger charge is 2.20. The highest BCUT2D eigenvalue weighted by molar-refractivity contribution is 7.90. The number of benzene rings is 1. The van der Waals surface area contributed by atoms with E-state index in [1.807, 2.05) is 13.8 Å². The van der Waals surface area contributed by atoms with Crippen molar-refractivity contribution in [2.45, 2.75) is 37.8 Å². The molecule has 120 valence electrons. The van der Waals surface area contributed by atoms with Gasteiger partial charge in [0.1, 0.15) is 0 Å². The first-order valence-electron chi connectivity index (χ1n) is 6.89. The fraction of sp³-hybridized carbons (Fsp3) is 0.429. The monoisotopic (exact) mass is 361 g/mol. The molecule has 1 aromatic heterocycles. The Balaban J connectivity index is 2.68. The van der Waals surface area contributed by atoms with Crippen molar-refractivity contribution >= 4 is 49.9 Å². The first-order valence-corrected chi connectivity index (χ1v) is 9.54. The van der Waals surface area contributed by atoms with Gasteiger partial charge in [0.25, 0.3) is 0 Å². The third-order valence-electron chi connectivity index (χ3n) is 3.35. The molecule has 0 bridgehead atoms. The molecule has 22 heavy (non-hydrogen) atoms. The molecule has 1 heterocycles. The normalized spacial score (nSPS) is 12.1. The summed E-state index contributed by atoms with van der Waals surface area (Å²) in [5.41, 5.74) is 0.889. The molecular formula is C14H17Cl2N3O2S. The van der Waals surface area contributed by atoms with E-state index in [4.69, 9.17) is 23.2 Å². The molecule has 1 N–H and O–H groups in total. The number of nitrogens with one attached hydrogen (secondary N) is 1. The number of hydrogen-bond donors (Lipinski definition) is 1. The lowest BCUT2D eigenvalue weighted by atomic mass is 10.2. The van der Waals surface area contributed by atoms with Crippen molar-refractivity contribution in [3.05, 3.63) is 22.2 Å². The first-order chi connectivity index (χ1) is 10.3. The van der Waals surface area contributed by atoms with Crippen LogP contribution in [0.25, 0.3) is 11.0 Å². The highest BCUT2D eigenvalue weighted by Crippen LogP contribution is 2.29. The van der Waals surface area contributed by atoms with E-state index < -0.39 is 9.84 Å². The van der Waals surface area contributed by atoms with Crippen LogP contribution in [0.3, 0.4) is 0 Å². The topological polar surface area (TPSA) is 72.0 Å². The lowest BCUT2D eigenvalue weighted by molar-refractivity contribution is 0.597. The number of sulfone groups is 1. The van der Waals surface area contributed by atoms with Crippen molar-refractivity contribution in [3.63, 3.8) is 0 Å². The zero-order valence-corrected chi connectivity index (χ0v) is 14.8. The molecule has 0 unspecified atom stereocenters. The number of halogens is 2. The molecule has 8 heteroatoms. The quantitative estimate of drug-likeness (QED) is 0.872. The van der Waals surface area contributed by atoms with Gasteiger partial charge in [-0.2, -0.15) is 0 Å². The van der Waals surface area contributed by atoms with Crippen molar-refractivity contribution in [2.75, 3.05) is 11.6 Å². The van der Waals surface area contributed by atoms with Crippen LogP contribution in [-0.2, 0) is 9.84 Å². The average molecular weight is 362 g/mol. The van der Waals surface area contributed by atoms with Gasteiger partial charge in [0.2, 0.25) is 0 Å². The summed E-state index contributed by atoms with van der Waals surface area (Å²) in [5, 5.41) is 3.73. The summed E-state index contributed by atoms with van der Waals surface area (Å²) in [4.78, 5) is 8.60. The van der Waals surface area contributed by atoms with Gasteiger partial charge in [-0.05, 0) is 25.0 Å². The summed E-state index contributed by atoms with van der Waals surface area (Å²) in [6, 6.07) is 3.22. The maximum atomic E-state index is 12.0. The Labute approximate surface area is 140 Å². The van der Waals surface area contributed by atoms with E-state index in [0.717, 1.165) is 19.1 Å². The SMILES string of the molecule is CCC(CC)Nc1nc2cc(Cl)c(Cl)cc2nc1S(C)(=O)=O. The summed E-state index contributed by atoms with van der Waals surface area (Å²) >= 11 is 12.0. The van der Waals surface area contributed by atoms with Crippen LogP contribution in [0.5, 0.6) is 0 Å². The minimum atomic E-state index is -3.52. The molecule has 0 aliphatic carbocycles. The van der Waals surface area contributed by atoms with Crippen LogP contribution in [0.2, 0.25) is 10.0 Å². The van der Waals surface area contributed by atoms with Crippen molar-refractivity contribution in [1.82, 2.24) is 9.97 Å². The molecule has 0 aliphatic heterocycles. The van der Waals surface area contributed by atoms with Gasteiger partial charge in [-0.25, -0.2) is 18.4 Å². The third-order valence-corrected chi connectivity index (χ3v) is 5.06. The Hall–Kier alpha value is -1.11. The van der Waals surface area contributed by atoms with Crippen molar-refractivity contribution in [3.8, 4) is 0 Å². The number of nitrogens with zero attached hydrogens (tertiary/aromatic N) is 2. The van der Waals surface area contributed by atoms with Gasteiger partial charge in [-0.1, -0.05) is 37.0 Å². The largest absolute Gasteiger partial charge is 0.365 e. The van der Waals surface area contributed by atoms with E-state index in [0.29, 0.717) is 21.1 Å². The van der Waals surface area contributed by atoms with Gasteiger partial charge in [0.15, 0.2) is 20.7 Å². The Kier molecular flexibility index (Phi) is 5.14. The Morgan fingerprint density at radius 2 is 1.59 bits per heavy atom. The van der Waals surface area contributed by atoms with Crippen LogP contribution >= 0.6 is 23.2 Å². The van der Waals surface area contributed by atoms with Gasteiger partial charge in [-0.15, -0.1) is 0 Å². The fourth-order valence-corrected chi connectivity index (χ4v) is 3.11. The summed E-state index contributed by atoms with van der Waals surface area (Å²) in [6.45, 7) is 4.04. The lowest BCUT2D eigenvalue weighted by Gasteiger charge is -2.17. The standard InChI is InChI=1S/C14H17Cl2N3O2S/c1-4-8(5-2)17-13-14(22(3,20)21)19-12-7-10(16)9(15)6-11(12)18-13/h6-8H,4-5H2,1-3H3,(H,17,18). The summed E-state index contributed by atoms with van der Waals surface area (Å²) in [5.74, 6) is 0.252. The summed E-state index contributed by atoms with van der Waals surface area (Å²) in [7, 11) is -3.52.